The minimum atomic E-state index is -0.492. The summed E-state index contributed by atoms with van der Waals surface area (Å²) in [5, 5.41) is 13.0. The molecule has 1 fully saturated rings. The molecule has 10 nitrogen and oxygen atoms in total. The van der Waals surface area contributed by atoms with E-state index in [1.165, 1.54) is 6.20 Å². The molecule has 0 aliphatic heterocycles. The van der Waals surface area contributed by atoms with Crippen molar-refractivity contribution < 1.29 is 9.59 Å². The van der Waals surface area contributed by atoms with Crippen LogP contribution < -0.4 is 32.7 Å². The number of aromatic nitrogens is 2. The van der Waals surface area contributed by atoms with Crippen molar-refractivity contribution in [1.29, 1.82) is 0 Å². The number of benzene rings is 2. The highest BCUT2D eigenvalue weighted by Gasteiger charge is 2.25. The zero-order chi connectivity index (χ0) is 26.2. The van der Waals surface area contributed by atoms with Crippen LogP contribution in [-0.2, 0) is 0 Å². The smallest absolute Gasteiger partial charge is 0.256 e. The molecule has 8 N–H and O–H groups in total. The van der Waals surface area contributed by atoms with Gasteiger partial charge < -0.3 is 32.7 Å². The zero-order valence-corrected chi connectivity index (χ0v) is 21.0. The molecular formula is C27H34N8O2. The van der Waals surface area contributed by atoms with Gasteiger partial charge >= 0.3 is 0 Å². The highest BCUT2D eigenvalue weighted by molar-refractivity contribution is 5.99. The van der Waals surface area contributed by atoms with Crippen LogP contribution in [0.4, 0.5) is 28.8 Å². The highest BCUT2D eigenvalue weighted by Crippen LogP contribution is 2.26. The van der Waals surface area contributed by atoms with E-state index in [1.807, 2.05) is 31.2 Å². The molecule has 2 atom stereocenters. The van der Waals surface area contributed by atoms with Crippen LogP contribution in [0.1, 0.15) is 59.7 Å². The summed E-state index contributed by atoms with van der Waals surface area (Å²) in [6.45, 7) is 2.71. The van der Waals surface area contributed by atoms with Crippen molar-refractivity contribution in [3.8, 4) is 0 Å². The number of amides is 2. The van der Waals surface area contributed by atoms with Gasteiger partial charge in [0.2, 0.25) is 11.9 Å². The molecule has 1 unspecified atom stereocenters. The number of para-hydroxylation sites is 2. The van der Waals surface area contributed by atoms with Crippen molar-refractivity contribution in [3.63, 3.8) is 0 Å². The third kappa shape index (κ3) is 6.87. The van der Waals surface area contributed by atoms with Crippen LogP contribution in [0.2, 0.25) is 0 Å². The standard InChI is InChI=1S/C27H34N8O2/c1-2-14-30-25-21(16-31-27(35-25)34-18-12-10-17(11-13-18)24(29)36)26(37)33-20-7-5-6-19(15-20)32-23-9-4-3-8-22(23)28/h3-4,8-13,16,19-20,32H,2,5-7,14-15,28H2,1H3,(H2,29,36)(H,33,37)(H2,30,31,34,35)/t19-,20?/m0/s1. The molecule has 0 bridgehead atoms. The van der Waals surface area contributed by atoms with E-state index in [0.29, 0.717) is 35.1 Å². The Labute approximate surface area is 216 Å². The summed E-state index contributed by atoms with van der Waals surface area (Å²) in [6, 6.07) is 14.7. The summed E-state index contributed by atoms with van der Waals surface area (Å²) < 4.78 is 0. The Morgan fingerprint density at radius 3 is 2.54 bits per heavy atom. The summed E-state index contributed by atoms with van der Waals surface area (Å²) in [6.07, 6.45) is 6.15. The number of carbonyl (C=O) groups excluding carboxylic acids is 2. The predicted molar refractivity (Wildman–Crippen MR) is 147 cm³/mol. The maximum Gasteiger partial charge on any atom is 0.256 e. The maximum absolute atomic E-state index is 13.3. The molecule has 1 aliphatic carbocycles. The van der Waals surface area contributed by atoms with Crippen LogP contribution in [0.15, 0.2) is 54.7 Å². The minimum Gasteiger partial charge on any atom is -0.397 e. The van der Waals surface area contributed by atoms with Crippen molar-refractivity contribution in [2.24, 2.45) is 5.73 Å². The molecule has 2 aromatic carbocycles. The number of nitrogens with two attached hydrogens (primary N) is 2. The SMILES string of the molecule is CCCNc1nc(Nc2ccc(C(N)=O)cc2)ncc1C(=O)NC1CCC[C@H](Nc2ccccc2N)C1. The normalized spacial score (nSPS) is 17.0. The van der Waals surface area contributed by atoms with Gasteiger partial charge in [-0.15, -0.1) is 0 Å². The first-order valence-corrected chi connectivity index (χ1v) is 12.6. The summed E-state index contributed by atoms with van der Waals surface area (Å²) in [5.74, 6) is 0.104. The molecule has 4 rings (SSSR count). The lowest BCUT2D eigenvalue weighted by atomic mass is 9.90. The molecule has 1 saturated carbocycles. The minimum absolute atomic E-state index is 0.0317. The lowest BCUT2D eigenvalue weighted by Gasteiger charge is -2.31. The molecule has 10 heteroatoms. The Morgan fingerprint density at radius 2 is 1.81 bits per heavy atom. The van der Waals surface area contributed by atoms with Crippen molar-refractivity contribution >= 4 is 40.6 Å². The van der Waals surface area contributed by atoms with Crippen molar-refractivity contribution in [2.45, 2.75) is 51.1 Å². The number of carbonyl (C=O) groups is 2. The monoisotopic (exact) mass is 502 g/mol. The first kappa shape index (κ1) is 25.7. The van der Waals surface area contributed by atoms with Crippen LogP contribution in [-0.4, -0.2) is 40.4 Å². The third-order valence-electron chi connectivity index (χ3n) is 6.33. The van der Waals surface area contributed by atoms with Gasteiger partial charge in [0, 0.05) is 36.1 Å². The second kappa shape index (κ2) is 12.1. The van der Waals surface area contributed by atoms with Gasteiger partial charge in [-0.2, -0.15) is 4.98 Å². The molecule has 0 saturated heterocycles. The van der Waals surface area contributed by atoms with Gasteiger partial charge in [-0.25, -0.2) is 4.98 Å². The number of primary amides is 1. The number of hydrogen-bond donors (Lipinski definition) is 6. The van der Waals surface area contributed by atoms with E-state index in [4.69, 9.17) is 11.5 Å². The fraction of sp³-hybridized carbons (Fsp3) is 0.333. The largest absolute Gasteiger partial charge is 0.397 e. The van der Waals surface area contributed by atoms with E-state index >= 15 is 0 Å². The van der Waals surface area contributed by atoms with Gasteiger partial charge in [0.05, 0.1) is 11.4 Å². The fourth-order valence-electron chi connectivity index (χ4n) is 4.40. The predicted octanol–water partition coefficient (Wildman–Crippen LogP) is 3.88. The number of rotatable bonds is 10. The van der Waals surface area contributed by atoms with E-state index in [9.17, 15) is 9.59 Å². The number of nitrogens with one attached hydrogen (secondary N) is 4. The van der Waals surface area contributed by atoms with Crippen LogP contribution in [0.25, 0.3) is 0 Å². The summed E-state index contributed by atoms with van der Waals surface area (Å²) >= 11 is 0. The molecule has 1 heterocycles. The number of anilines is 5. The van der Waals surface area contributed by atoms with Gasteiger partial charge in [0.1, 0.15) is 11.4 Å². The van der Waals surface area contributed by atoms with E-state index in [0.717, 1.165) is 43.5 Å². The number of nitrogens with zero attached hydrogens (tertiary/aromatic N) is 2. The van der Waals surface area contributed by atoms with Crippen LogP contribution in [0.3, 0.4) is 0 Å². The Hall–Kier alpha value is -4.34. The third-order valence-corrected chi connectivity index (χ3v) is 6.33. The molecule has 1 aliphatic rings. The van der Waals surface area contributed by atoms with Gasteiger partial charge in [-0.05, 0) is 68.5 Å². The van der Waals surface area contributed by atoms with Crippen molar-refractivity contribution in [1.82, 2.24) is 15.3 Å². The Morgan fingerprint density at radius 1 is 1.05 bits per heavy atom. The van der Waals surface area contributed by atoms with E-state index < -0.39 is 5.91 Å². The molecule has 0 spiro atoms. The van der Waals surface area contributed by atoms with Gasteiger partial charge in [0.25, 0.3) is 5.91 Å². The summed E-state index contributed by atoms with van der Waals surface area (Å²) in [7, 11) is 0. The van der Waals surface area contributed by atoms with Crippen molar-refractivity contribution in [2.75, 3.05) is 28.2 Å². The topological polar surface area (TPSA) is 160 Å². The van der Waals surface area contributed by atoms with Crippen LogP contribution >= 0.6 is 0 Å². The Balaban J connectivity index is 1.43. The molecule has 37 heavy (non-hydrogen) atoms. The zero-order valence-electron chi connectivity index (χ0n) is 21.0. The number of nitrogen functional groups attached to an aromatic ring is 1. The van der Waals surface area contributed by atoms with Gasteiger partial charge in [-0.3, -0.25) is 9.59 Å². The highest BCUT2D eigenvalue weighted by atomic mass is 16.2. The fourth-order valence-corrected chi connectivity index (χ4v) is 4.40. The molecule has 2 amide bonds. The second-order valence-electron chi connectivity index (χ2n) is 9.21. The molecular weight excluding hydrogens is 468 g/mol. The maximum atomic E-state index is 13.3. The average molecular weight is 503 g/mol. The Bertz CT molecular complexity index is 1230. The first-order valence-electron chi connectivity index (χ1n) is 12.6. The Kier molecular flexibility index (Phi) is 8.40. The van der Waals surface area contributed by atoms with Crippen LogP contribution in [0.5, 0.6) is 0 Å². The van der Waals surface area contributed by atoms with Crippen molar-refractivity contribution in [3.05, 3.63) is 65.9 Å². The van der Waals surface area contributed by atoms with E-state index in [2.05, 4.69) is 31.2 Å². The lowest BCUT2D eigenvalue weighted by molar-refractivity contribution is 0.0925. The first-order chi connectivity index (χ1) is 17.9. The molecule has 1 aromatic heterocycles. The summed E-state index contributed by atoms with van der Waals surface area (Å²) in [5.41, 5.74) is 14.5. The van der Waals surface area contributed by atoms with E-state index in [1.54, 1.807) is 24.3 Å². The quantitative estimate of drug-likeness (QED) is 0.228. The lowest BCUT2D eigenvalue weighted by Crippen LogP contribution is -2.42. The molecule has 194 valence electrons. The van der Waals surface area contributed by atoms with Gasteiger partial charge in [0.15, 0.2) is 0 Å². The summed E-state index contributed by atoms with van der Waals surface area (Å²) in [4.78, 5) is 33.4. The second-order valence-corrected chi connectivity index (χ2v) is 9.21. The number of hydrogen-bond acceptors (Lipinski definition) is 8. The average Bonchev–Trinajstić information content (AvgIpc) is 2.89. The van der Waals surface area contributed by atoms with Crippen LogP contribution in [0, 0.1) is 0 Å². The molecule has 3 aromatic rings. The van der Waals surface area contributed by atoms with Gasteiger partial charge in [-0.1, -0.05) is 19.1 Å². The van der Waals surface area contributed by atoms with E-state index in [-0.39, 0.29) is 18.0 Å². The molecule has 0 radical (unpaired) electrons.